The lowest BCUT2D eigenvalue weighted by atomic mass is 9.74. The molecule has 2 aliphatic carbocycles. The summed E-state index contributed by atoms with van der Waals surface area (Å²) in [7, 11) is 0. The minimum atomic E-state index is -0.171. The number of nitrogens with zero attached hydrogens (tertiary/aromatic N) is 1. The number of aliphatic imine (C=N–C) groups is 1. The summed E-state index contributed by atoms with van der Waals surface area (Å²) in [5.74, 6) is 1.66. The molecule has 1 N–H and O–H groups in total. The standard InChI is InChI=1S/C18H29NO2/c1-12(20)14-6-4-5-13(9-14)10-15-11-18(21)16-7-2-3-8-17(16)19-15/h13-14,16-18,21H,2-11H2,1H3. The van der Waals surface area contributed by atoms with Crippen molar-refractivity contribution in [3.8, 4) is 0 Å². The van der Waals surface area contributed by atoms with E-state index in [1.807, 2.05) is 0 Å². The van der Waals surface area contributed by atoms with Crippen LogP contribution in [0.5, 0.6) is 0 Å². The van der Waals surface area contributed by atoms with Gasteiger partial charge in [-0.2, -0.15) is 0 Å². The van der Waals surface area contributed by atoms with Gasteiger partial charge in [-0.15, -0.1) is 0 Å². The van der Waals surface area contributed by atoms with Crippen LogP contribution in [0, 0.1) is 17.8 Å². The van der Waals surface area contributed by atoms with Crippen LogP contribution in [-0.4, -0.2) is 28.7 Å². The van der Waals surface area contributed by atoms with Crippen molar-refractivity contribution in [2.75, 3.05) is 0 Å². The van der Waals surface area contributed by atoms with Crippen LogP contribution in [0.3, 0.4) is 0 Å². The molecule has 0 amide bonds. The van der Waals surface area contributed by atoms with E-state index in [-0.39, 0.29) is 12.0 Å². The van der Waals surface area contributed by atoms with Gasteiger partial charge >= 0.3 is 0 Å². The molecule has 1 aliphatic heterocycles. The molecule has 2 saturated carbocycles. The van der Waals surface area contributed by atoms with E-state index in [0.717, 1.165) is 38.5 Å². The normalized spacial score (nSPS) is 40.3. The van der Waals surface area contributed by atoms with Crippen LogP contribution in [0.2, 0.25) is 0 Å². The van der Waals surface area contributed by atoms with Crippen LogP contribution in [0.4, 0.5) is 0 Å². The van der Waals surface area contributed by atoms with Crippen LogP contribution >= 0.6 is 0 Å². The Bertz CT molecular complexity index is 417. The maximum Gasteiger partial charge on any atom is 0.132 e. The summed E-state index contributed by atoms with van der Waals surface area (Å²) >= 11 is 0. The highest BCUT2D eigenvalue weighted by atomic mass is 16.3. The molecule has 5 atom stereocenters. The number of aliphatic hydroxyl groups excluding tert-OH is 1. The average Bonchev–Trinajstić information content (AvgIpc) is 2.47. The third-order valence-corrected chi connectivity index (χ3v) is 5.95. The number of ketones is 1. The van der Waals surface area contributed by atoms with Crippen LogP contribution in [0.15, 0.2) is 4.99 Å². The van der Waals surface area contributed by atoms with Gasteiger partial charge in [0.2, 0.25) is 0 Å². The first-order chi connectivity index (χ1) is 10.1. The highest BCUT2D eigenvalue weighted by molar-refractivity contribution is 5.86. The Morgan fingerprint density at radius 1 is 1.19 bits per heavy atom. The highest BCUT2D eigenvalue weighted by Crippen LogP contribution is 2.37. The second kappa shape index (κ2) is 6.60. The molecule has 0 aromatic heterocycles. The molecule has 0 bridgehead atoms. The van der Waals surface area contributed by atoms with Crippen molar-refractivity contribution in [2.24, 2.45) is 22.7 Å². The first-order valence-corrected chi connectivity index (χ1v) is 8.87. The van der Waals surface area contributed by atoms with Crippen molar-refractivity contribution in [3.63, 3.8) is 0 Å². The number of carbonyl (C=O) groups excluding carboxylic acids is 1. The number of hydrogen-bond donors (Lipinski definition) is 1. The molecule has 21 heavy (non-hydrogen) atoms. The molecule has 1 heterocycles. The highest BCUT2D eigenvalue weighted by Gasteiger charge is 2.36. The summed E-state index contributed by atoms with van der Waals surface area (Å²) in [6.07, 6.45) is 11.0. The Balaban J connectivity index is 1.61. The molecule has 5 unspecified atom stereocenters. The molecular weight excluding hydrogens is 262 g/mol. The molecule has 0 saturated heterocycles. The zero-order valence-electron chi connectivity index (χ0n) is 13.3. The van der Waals surface area contributed by atoms with Gasteiger partial charge < -0.3 is 5.11 Å². The fourth-order valence-corrected chi connectivity index (χ4v) is 4.74. The lowest BCUT2D eigenvalue weighted by molar-refractivity contribution is -0.122. The van der Waals surface area contributed by atoms with Crippen LogP contribution < -0.4 is 0 Å². The van der Waals surface area contributed by atoms with Crippen LogP contribution in [-0.2, 0) is 4.79 Å². The van der Waals surface area contributed by atoms with E-state index in [2.05, 4.69) is 0 Å². The number of Topliss-reactive ketones (excluding diaryl/α,β-unsaturated/α-hetero) is 1. The molecule has 3 rings (SSSR count). The maximum atomic E-state index is 11.6. The number of fused-ring (bicyclic) bond motifs is 1. The van der Waals surface area contributed by atoms with Crippen molar-refractivity contribution in [1.82, 2.24) is 0 Å². The topological polar surface area (TPSA) is 49.7 Å². The van der Waals surface area contributed by atoms with E-state index in [0.29, 0.717) is 23.7 Å². The minimum absolute atomic E-state index is 0.171. The van der Waals surface area contributed by atoms with Gasteiger partial charge in [-0.05, 0) is 44.9 Å². The third-order valence-electron chi connectivity index (χ3n) is 5.95. The van der Waals surface area contributed by atoms with Crippen molar-refractivity contribution >= 4 is 11.5 Å². The second-order valence-electron chi connectivity index (χ2n) is 7.53. The largest absolute Gasteiger partial charge is 0.392 e. The Morgan fingerprint density at radius 2 is 2.00 bits per heavy atom. The SMILES string of the molecule is CC(=O)C1CCCC(CC2=NC3CCCCC3C(O)C2)C1. The Hall–Kier alpha value is -0.700. The molecule has 0 spiro atoms. The maximum absolute atomic E-state index is 11.6. The van der Waals surface area contributed by atoms with Crippen molar-refractivity contribution in [3.05, 3.63) is 0 Å². The van der Waals surface area contributed by atoms with Gasteiger partial charge in [-0.25, -0.2) is 0 Å². The van der Waals surface area contributed by atoms with Crippen molar-refractivity contribution in [1.29, 1.82) is 0 Å². The van der Waals surface area contributed by atoms with E-state index in [1.165, 1.54) is 31.4 Å². The number of aliphatic hydroxyl groups is 1. The van der Waals surface area contributed by atoms with Crippen molar-refractivity contribution < 1.29 is 9.90 Å². The Labute approximate surface area is 128 Å². The fourth-order valence-electron chi connectivity index (χ4n) is 4.74. The number of hydrogen-bond acceptors (Lipinski definition) is 3. The zero-order valence-corrected chi connectivity index (χ0v) is 13.3. The van der Waals surface area contributed by atoms with Gasteiger partial charge in [0.1, 0.15) is 5.78 Å². The Kier molecular flexibility index (Phi) is 4.78. The molecule has 0 radical (unpaired) electrons. The monoisotopic (exact) mass is 291 g/mol. The second-order valence-corrected chi connectivity index (χ2v) is 7.53. The lowest BCUT2D eigenvalue weighted by Gasteiger charge is -2.38. The first kappa shape index (κ1) is 15.2. The summed E-state index contributed by atoms with van der Waals surface area (Å²) in [6, 6.07) is 0.379. The van der Waals surface area contributed by atoms with E-state index in [9.17, 15) is 9.90 Å². The van der Waals surface area contributed by atoms with E-state index < -0.39 is 0 Å². The summed E-state index contributed by atoms with van der Waals surface area (Å²) in [5.41, 5.74) is 1.24. The molecule has 2 fully saturated rings. The molecular formula is C18H29NO2. The minimum Gasteiger partial charge on any atom is -0.392 e. The predicted molar refractivity (Wildman–Crippen MR) is 84.6 cm³/mol. The lowest BCUT2D eigenvalue weighted by Crippen LogP contribution is -2.40. The first-order valence-electron chi connectivity index (χ1n) is 8.87. The van der Waals surface area contributed by atoms with Crippen molar-refractivity contribution in [2.45, 2.75) is 83.3 Å². The predicted octanol–water partition coefficient (Wildman–Crippen LogP) is 3.54. The van der Waals surface area contributed by atoms with Gasteiger partial charge in [-0.3, -0.25) is 9.79 Å². The van der Waals surface area contributed by atoms with Crippen LogP contribution in [0.25, 0.3) is 0 Å². The third kappa shape index (κ3) is 3.56. The van der Waals surface area contributed by atoms with Gasteiger partial charge in [0.05, 0.1) is 12.1 Å². The van der Waals surface area contributed by atoms with E-state index >= 15 is 0 Å². The van der Waals surface area contributed by atoms with E-state index in [4.69, 9.17) is 4.99 Å². The Morgan fingerprint density at radius 3 is 2.81 bits per heavy atom. The molecule has 3 nitrogen and oxygen atoms in total. The summed E-state index contributed by atoms with van der Waals surface area (Å²) < 4.78 is 0. The summed E-state index contributed by atoms with van der Waals surface area (Å²) in [6.45, 7) is 1.74. The van der Waals surface area contributed by atoms with Gasteiger partial charge in [0.25, 0.3) is 0 Å². The number of carbonyl (C=O) groups is 1. The quantitative estimate of drug-likeness (QED) is 0.864. The van der Waals surface area contributed by atoms with Gasteiger partial charge in [0, 0.05) is 24.0 Å². The smallest absolute Gasteiger partial charge is 0.132 e. The molecule has 0 aromatic carbocycles. The van der Waals surface area contributed by atoms with Gasteiger partial charge in [-0.1, -0.05) is 25.7 Å². The molecule has 118 valence electrons. The van der Waals surface area contributed by atoms with Gasteiger partial charge in [0.15, 0.2) is 0 Å². The summed E-state index contributed by atoms with van der Waals surface area (Å²) in [5, 5.41) is 10.4. The average molecular weight is 291 g/mol. The zero-order chi connectivity index (χ0) is 14.8. The number of rotatable bonds is 3. The molecule has 0 aromatic rings. The molecule has 3 heteroatoms. The van der Waals surface area contributed by atoms with Crippen LogP contribution in [0.1, 0.15) is 71.1 Å². The summed E-state index contributed by atoms with van der Waals surface area (Å²) in [4.78, 5) is 16.6. The van der Waals surface area contributed by atoms with E-state index in [1.54, 1.807) is 6.92 Å². The molecule has 3 aliphatic rings. The fraction of sp³-hybridized carbons (Fsp3) is 0.889.